The minimum atomic E-state index is 0.271. The van der Waals surface area contributed by atoms with Crippen molar-refractivity contribution in [1.29, 1.82) is 0 Å². The van der Waals surface area contributed by atoms with Crippen LogP contribution in [0.2, 0.25) is 0 Å². The first-order valence-electron chi connectivity index (χ1n) is 5.24. The Balaban J connectivity index is 2.63. The largest absolute Gasteiger partial charge is 0.355 e. The van der Waals surface area contributed by atoms with Crippen molar-refractivity contribution in [2.75, 3.05) is 0 Å². The maximum atomic E-state index is 7.88. The lowest BCUT2D eigenvalue weighted by Crippen LogP contribution is -1.62. The molecule has 1 heteroatoms. The number of H-pyrrole nitrogens is 1. The maximum absolute atomic E-state index is 7.88. The normalized spacial score (nSPS) is 13.2. The number of aromatic nitrogens is 1. The quantitative estimate of drug-likeness (QED) is 0.531. The topological polar surface area (TPSA) is 15.8 Å². The van der Waals surface area contributed by atoms with Gasteiger partial charge in [0, 0.05) is 21.8 Å². The number of rotatable bonds is 0. The molecule has 13 heavy (non-hydrogen) atoms. The summed E-state index contributed by atoms with van der Waals surface area (Å²) in [5.74, 6) is 0. The van der Waals surface area contributed by atoms with Gasteiger partial charge in [0.25, 0.3) is 0 Å². The predicted octanol–water partition coefficient (Wildman–Crippen LogP) is 3.32. The van der Waals surface area contributed by atoms with Gasteiger partial charge in [-0.05, 0) is 12.1 Å². The summed E-state index contributed by atoms with van der Waals surface area (Å²) in [6.45, 7) is 0. The van der Waals surface area contributed by atoms with Gasteiger partial charge < -0.3 is 4.98 Å². The van der Waals surface area contributed by atoms with Crippen LogP contribution in [0.5, 0.6) is 0 Å². The highest BCUT2D eigenvalue weighted by Gasteiger charge is 2.00. The first-order valence-corrected chi connectivity index (χ1v) is 4.24. The Hall–Kier alpha value is -1.76. The minimum Gasteiger partial charge on any atom is -0.355 e. The highest BCUT2D eigenvalue weighted by atomic mass is 14.7. The molecule has 0 saturated heterocycles. The lowest BCUT2D eigenvalue weighted by atomic mass is 10.2. The van der Waals surface area contributed by atoms with E-state index < -0.39 is 0 Å². The molecule has 0 aliphatic heterocycles. The monoisotopic (exact) mass is 169 g/mol. The highest BCUT2D eigenvalue weighted by Crippen LogP contribution is 2.24. The summed E-state index contributed by atoms with van der Waals surface area (Å²) in [5.41, 5.74) is 1.95. The van der Waals surface area contributed by atoms with E-state index in [4.69, 9.17) is 2.74 Å². The van der Waals surface area contributed by atoms with Crippen LogP contribution in [0.3, 0.4) is 0 Å². The molecule has 0 fully saturated rings. The van der Waals surface area contributed by atoms with Gasteiger partial charge in [0.15, 0.2) is 0 Å². The Labute approximate surface area is 78.8 Å². The van der Waals surface area contributed by atoms with Crippen molar-refractivity contribution in [2.24, 2.45) is 0 Å². The minimum absolute atomic E-state index is 0.271. The van der Waals surface area contributed by atoms with Gasteiger partial charge in [0.2, 0.25) is 0 Å². The van der Waals surface area contributed by atoms with E-state index in [1.54, 1.807) is 6.07 Å². The van der Waals surface area contributed by atoms with Crippen molar-refractivity contribution in [2.45, 2.75) is 0 Å². The second kappa shape index (κ2) is 2.36. The third kappa shape index (κ3) is 0.872. The smallest absolute Gasteiger partial charge is 0.0630 e. The van der Waals surface area contributed by atoms with E-state index in [9.17, 15) is 0 Å². The van der Waals surface area contributed by atoms with Crippen LogP contribution in [0.15, 0.2) is 48.5 Å². The van der Waals surface area contributed by atoms with E-state index in [0.717, 1.165) is 21.8 Å². The molecule has 0 bridgehead atoms. The molecule has 0 radical (unpaired) electrons. The summed E-state index contributed by atoms with van der Waals surface area (Å²) in [6.07, 6.45) is 0. The molecule has 1 nitrogen and oxygen atoms in total. The summed E-state index contributed by atoms with van der Waals surface area (Å²) in [6, 6.07) is 12.0. The van der Waals surface area contributed by atoms with Crippen molar-refractivity contribution in [3.8, 4) is 0 Å². The van der Waals surface area contributed by atoms with E-state index >= 15 is 0 Å². The predicted molar refractivity (Wildman–Crippen MR) is 55.8 cm³/mol. The molecular weight excluding hydrogens is 158 g/mol. The second-order valence-corrected chi connectivity index (χ2v) is 3.06. The zero-order chi connectivity index (χ0) is 10.4. The van der Waals surface area contributed by atoms with Crippen LogP contribution in [-0.2, 0) is 0 Å². The Bertz CT molecular complexity index is 655. The van der Waals surface area contributed by atoms with Crippen molar-refractivity contribution in [3.05, 3.63) is 48.5 Å². The van der Waals surface area contributed by atoms with E-state index in [1.807, 2.05) is 30.3 Å². The zero-order valence-corrected chi connectivity index (χ0v) is 6.96. The number of hydrogen-bond acceptors (Lipinski definition) is 0. The molecule has 0 amide bonds. The fourth-order valence-electron chi connectivity index (χ4n) is 1.66. The highest BCUT2D eigenvalue weighted by molar-refractivity contribution is 6.06. The molecular formula is C12H9N. The Morgan fingerprint density at radius 3 is 2.69 bits per heavy atom. The lowest BCUT2D eigenvalue weighted by molar-refractivity contribution is 1.55. The Morgan fingerprint density at radius 1 is 0.923 bits per heavy atom. The average molecular weight is 169 g/mol. The Kier molecular flexibility index (Phi) is 0.922. The van der Waals surface area contributed by atoms with Crippen LogP contribution >= 0.6 is 0 Å². The lowest BCUT2D eigenvalue weighted by Gasteiger charge is -1.87. The molecule has 0 unspecified atom stereocenters. The third-order valence-corrected chi connectivity index (χ3v) is 2.27. The third-order valence-electron chi connectivity index (χ3n) is 2.27. The van der Waals surface area contributed by atoms with Gasteiger partial charge in [-0.25, -0.2) is 0 Å². The van der Waals surface area contributed by atoms with Crippen LogP contribution in [0.25, 0.3) is 21.8 Å². The van der Waals surface area contributed by atoms with Gasteiger partial charge in [-0.15, -0.1) is 0 Å². The fraction of sp³-hybridized carbons (Fsp3) is 0. The van der Waals surface area contributed by atoms with Crippen LogP contribution in [0.4, 0.5) is 0 Å². The summed E-state index contributed by atoms with van der Waals surface area (Å²) in [7, 11) is 0. The van der Waals surface area contributed by atoms with Crippen molar-refractivity contribution >= 4 is 21.8 Å². The van der Waals surface area contributed by atoms with E-state index in [1.165, 1.54) is 0 Å². The molecule has 0 saturated carbocycles. The first-order chi connectivity index (χ1) is 7.27. The van der Waals surface area contributed by atoms with Crippen LogP contribution in [-0.4, -0.2) is 4.98 Å². The summed E-state index contributed by atoms with van der Waals surface area (Å²) in [5, 5.41) is 1.87. The summed E-state index contributed by atoms with van der Waals surface area (Å²) in [4.78, 5) is 3.24. The first kappa shape index (κ1) is 5.07. The molecule has 1 aromatic heterocycles. The molecule has 1 heterocycles. The molecule has 62 valence electrons. The summed E-state index contributed by atoms with van der Waals surface area (Å²) >= 11 is 0. The maximum Gasteiger partial charge on any atom is 0.0630 e. The van der Waals surface area contributed by atoms with Gasteiger partial charge >= 0.3 is 0 Å². The Morgan fingerprint density at radius 2 is 1.69 bits per heavy atom. The molecule has 3 aromatic rings. The number of nitrogens with one attached hydrogen (secondary N) is 1. The molecule has 1 N–H and O–H groups in total. The second-order valence-electron chi connectivity index (χ2n) is 3.06. The number of fused-ring (bicyclic) bond motifs is 3. The van der Waals surface area contributed by atoms with E-state index in [0.29, 0.717) is 6.04 Å². The number of para-hydroxylation sites is 2. The zero-order valence-electron chi connectivity index (χ0n) is 8.96. The van der Waals surface area contributed by atoms with Crippen molar-refractivity contribution < 1.29 is 2.74 Å². The SMILES string of the molecule is [2H]c1ccc2[nH]c3ccccc3c2c1[2H]. The molecule has 0 aliphatic rings. The van der Waals surface area contributed by atoms with Crippen LogP contribution < -0.4 is 0 Å². The summed E-state index contributed by atoms with van der Waals surface area (Å²) < 4.78 is 15.5. The molecule has 0 atom stereocenters. The van der Waals surface area contributed by atoms with E-state index in [2.05, 4.69) is 4.98 Å². The van der Waals surface area contributed by atoms with E-state index in [-0.39, 0.29) is 6.04 Å². The molecule has 2 aromatic carbocycles. The average Bonchev–Trinajstić information content (AvgIpc) is 2.62. The molecule has 0 spiro atoms. The van der Waals surface area contributed by atoms with Gasteiger partial charge in [-0.1, -0.05) is 36.4 Å². The van der Waals surface area contributed by atoms with Gasteiger partial charge in [-0.2, -0.15) is 0 Å². The van der Waals surface area contributed by atoms with Crippen molar-refractivity contribution in [1.82, 2.24) is 4.98 Å². The van der Waals surface area contributed by atoms with Gasteiger partial charge in [-0.3, -0.25) is 0 Å². The van der Waals surface area contributed by atoms with Gasteiger partial charge in [0.1, 0.15) is 0 Å². The number of aromatic amines is 1. The van der Waals surface area contributed by atoms with Crippen LogP contribution in [0, 0.1) is 0 Å². The number of hydrogen-bond donors (Lipinski definition) is 1. The standard InChI is InChI=1S/C12H9N/c1-3-7-11-9(5-1)10-6-2-4-8-12(10)13-11/h1-8,13H/i1D,5D. The van der Waals surface area contributed by atoms with Gasteiger partial charge in [0.05, 0.1) is 2.74 Å². The molecule has 0 aliphatic carbocycles. The fourth-order valence-corrected chi connectivity index (χ4v) is 1.66. The van der Waals surface area contributed by atoms with Crippen LogP contribution in [0.1, 0.15) is 2.74 Å². The van der Waals surface area contributed by atoms with Crippen molar-refractivity contribution in [3.63, 3.8) is 0 Å². The molecule has 3 rings (SSSR count). The number of benzene rings is 2.